The Balaban J connectivity index is 2.62. The first kappa shape index (κ1) is 15.6. The first-order chi connectivity index (χ1) is 8.69. The van der Waals surface area contributed by atoms with Gasteiger partial charge in [0.25, 0.3) is 0 Å². The molecule has 1 aliphatic rings. The summed E-state index contributed by atoms with van der Waals surface area (Å²) in [5.41, 5.74) is 1.53. The zero-order chi connectivity index (χ0) is 14.6. The minimum atomic E-state index is -1.26. The fourth-order valence-corrected chi connectivity index (χ4v) is 2.07. The highest BCUT2D eigenvalue weighted by Crippen LogP contribution is 2.22. The summed E-state index contributed by atoms with van der Waals surface area (Å²) in [4.78, 5) is 22.8. The third kappa shape index (κ3) is 5.34. The smallest absolute Gasteiger partial charge is 0.426 e. The molecule has 1 rings (SSSR count). The lowest BCUT2D eigenvalue weighted by Gasteiger charge is -2.34. The molecule has 110 valence electrons. The quantitative estimate of drug-likeness (QED) is 0.632. The highest BCUT2D eigenvalue weighted by atomic mass is 16.6. The number of nitrogens with zero attached hydrogens (tertiary/aromatic N) is 1. The van der Waals surface area contributed by atoms with Gasteiger partial charge in [-0.25, -0.2) is 20.0 Å². The summed E-state index contributed by atoms with van der Waals surface area (Å²) in [5, 5.41) is 19.5. The maximum atomic E-state index is 11.6. The van der Waals surface area contributed by atoms with E-state index < -0.39 is 29.9 Å². The van der Waals surface area contributed by atoms with Crippen LogP contribution in [-0.4, -0.2) is 45.2 Å². The number of nitrogens with one attached hydrogen (secondary N) is 1. The van der Waals surface area contributed by atoms with Crippen LogP contribution in [0.2, 0.25) is 0 Å². The molecule has 1 aliphatic carbocycles. The van der Waals surface area contributed by atoms with E-state index in [-0.39, 0.29) is 0 Å². The van der Waals surface area contributed by atoms with Gasteiger partial charge in [0.15, 0.2) is 0 Å². The number of rotatable bonds is 1. The van der Waals surface area contributed by atoms with E-state index in [0.717, 1.165) is 11.4 Å². The van der Waals surface area contributed by atoms with Gasteiger partial charge in [-0.1, -0.05) is 0 Å². The molecule has 2 amide bonds. The average Bonchev–Trinajstić information content (AvgIpc) is 2.23. The van der Waals surface area contributed by atoms with E-state index in [9.17, 15) is 14.7 Å². The molecule has 0 spiro atoms. The minimum absolute atomic E-state index is 0.322. The molecule has 7 nitrogen and oxygen atoms in total. The topological polar surface area (TPSA) is 99.1 Å². The number of hydrogen-bond donors (Lipinski definition) is 3. The minimum Gasteiger partial charge on any atom is -0.464 e. The van der Waals surface area contributed by atoms with Crippen molar-refractivity contribution in [2.24, 2.45) is 0 Å². The van der Waals surface area contributed by atoms with Crippen molar-refractivity contribution in [3.8, 4) is 0 Å². The second kappa shape index (κ2) is 6.10. The van der Waals surface area contributed by atoms with E-state index >= 15 is 0 Å². The molecular weight excluding hydrogens is 252 g/mol. The third-order valence-corrected chi connectivity index (χ3v) is 2.80. The number of carbonyl (C=O) groups is 2. The van der Waals surface area contributed by atoms with Gasteiger partial charge in [0, 0.05) is 0 Å². The van der Waals surface area contributed by atoms with Gasteiger partial charge < -0.3 is 14.9 Å². The number of carbonyl (C=O) groups excluding carboxylic acids is 1. The predicted molar refractivity (Wildman–Crippen MR) is 67.5 cm³/mol. The van der Waals surface area contributed by atoms with Crippen molar-refractivity contribution in [2.75, 3.05) is 0 Å². The first-order valence-corrected chi connectivity index (χ1v) is 6.39. The molecule has 19 heavy (non-hydrogen) atoms. The van der Waals surface area contributed by atoms with Crippen LogP contribution in [0, 0.1) is 0 Å². The summed E-state index contributed by atoms with van der Waals surface area (Å²) in [6.45, 7) is 5.09. The SMILES string of the molecule is CC(C)(C)OC(=O)NN(C(=O)O)C1CCCC(O)C1. The number of aliphatic hydroxyl groups is 1. The van der Waals surface area contributed by atoms with Crippen LogP contribution >= 0.6 is 0 Å². The number of ether oxygens (including phenoxy) is 1. The monoisotopic (exact) mass is 274 g/mol. The number of amides is 2. The molecule has 0 bridgehead atoms. The van der Waals surface area contributed by atoms with Crippen LogP contribution in [0.5, 0.6) is 0 Å². The molecule has 0 aromatic heterocycles. The molecule has 0 aromatic rings. The summed E-state index contributed by atoms with van der Waals surface area (Å²) < 4.78 is 5.02. The Hall–Kier alpha value is -1.50. The summed E-state index contributed by atoms with van der Waals surface area (Å²) in [7, 11) is 0. The van der Waals surface area contributed by atoms with Gasteiger partial charge in [0.05, 0.1) is 12.1 Å². The second-order valence-electron chi connectivity index (χ2n) is 5.74. The van der Waals surface area contributed by atoms with Crippen LogP contribution in [0.1, 0.15) is 46.5 Å². The van der Waals surface area contributed by atoms with Crippen LogP contribution in [0.25, 0.3) is 0 Å². The molecule has 1 fully saturated rings. The summed E-state index contributed by atoms with van der Waals surface area (Å²) >= 11 is 0. The summed E-state index contributed by atoms with van der Waals surface area (Å²) in [6, 6.07) is -0.422. The molecule has 0 saturated heterocycles. The molecule has 1 saturated carbocycles. The predicted octanol–water partition coefficient (Wildman–Crippen LogP) is 1.71. The number of hydrazine groups is 1. The molecule has 0 aliphatic heterocycles. The molecule has 0 aromatic carbocycles. The van der Waals surface area contributed by atoms with Crippen LogP contribution in [-0.2, 0) is 4.74 Å². The Morgan fingerprint density at radius 3 is 2.42 bits per heavy atom. The normalized spacial score (nSPS) is 23.6. The van der Waals surface area contributed by atoms with E-state index in [1.54, 1.807) is 20.8 Å². The molecule has 7 heteroatoms. The van der Waals surface area contributed by atoms with Crippen molar-refractivity contribution >= 4 is 12.2 Å². The van der Waals surface area contributed by atoms with E-state index in [1.807, 2.05) is 0 Å². The van der Waals surface area contributed by atoms with Gasteiger partial charge in [-0.05, 0) is 46.5 Å². The number of hydrogen-bond acceptors (Lipinski definition) is 4. The molecule has 2 atom stereocenters. The Bertz CT molecular complexity index is 340. The van der Waals surface area contributed by atoms with E-state index in [2.05, 4.69) is 5.43 Å². The van der Waals surface area contributed by atoms with Crippen LogP contribution in [0.4, 0.5) is 9.59 Å². The maximum Gasteiger partial charge on any atom is 0.426 e. The maximum absolute atomic E-state index is 11.6. The second-order valence-corrected chi connectivity index (χ2v) is 5.74. The fourth-order valence-electron chi connectivity index (χ4n) is 2.07. The zero-order valence-corrected chi connectivity index (χ0v) is 11.5. The highest BCUT2D eigenvalue weighted by Gasteiger charge is 2.31. The van der Waals surface area contributed by atoms with Crippen LogP contribution in [0.3, 0.4) is 0 Å². The van der Waals surface area contributed by atoms with Gasteiger partial charge in [-0.3, -0.25) is 0 Å². The molecule has 0 heterocycles. The summed E-state index contributed by atoms with van der Waals surface area (Å²) in [5.74, 6) is 0. The molecular formula is C12H22N2O5. The molecule has 3 N–H and O–H groups in total. The van der Waals surface area contributed by atoms with Crippen molar-refractivity contribution in [2.45, 2.75) is 64.2 Å². The highest BCUT2D eigenvalue weighted by molar-refractivity contribution is 5.73. The van der Waals surface area contributed by atoms with Crippen molar-refractivity contribution in [1.82, 2.24) is 10.4 Å². The molecule has 2 unspecified atom stereocenters. The largest absolute Gasteiger partial charge is 0.464 e. The van der Waals surface area contributed by atoms with Crippen molar-refractivity contribution < 1.29 is 24.5 Å². The third-order valence-electron chi connectivity index (χ3n) is 2.80. The number of aliphatic hydroxyl groups excluding tert-OH is 1. The number of carboxylic acid groups (broad SMARTS) is 1. The lowest BCUT2D eigenvalue weighted by Crippen LogP contribution is -2.54. The first-order valence-electron chi connectivity index (χ1n) is 6.39. The van der Waals surface area contributed by atoms with Gasteiger partial charge in [-0.2, -0.15) is 0 Å². The molecule has 0 radical (unpaired) electrons. The van der Waals surface area contributed by atoms with E-state index in [0.29, 0.717) is 19.3 Å². The Morgan fingerprint density at radius 2 is 1.95 bits per heavy atom. The summed E-state index contributed by atoms with van der Waals surface area (Å²) in [6.07, 6.45) is -0.274. The van der Waals surface area contributed by atoms with Crippen LogP contribution < -0.4 is 5.43 Å². The fraction of sp³-hybridized carbons (Fsp3) is 0.833. The zero-order valence-electron chi connectivity index (χ0n) is 11.5. The van der Waals surface area contributed by atoms with Crippen molar-refractivity contribution in [1.29, 1.82) is 0 Å². The van der Waals surface area contributed by atoms with Gasteiger partial charge in [0.1, 0.15) is 5.60 Å². The Labute approximate surface area is 112 Å². The van der Waals surface area contributed by atoms with E-state index in [4.69, 9.17) is 9.84 Å². The Kier molecular flexibility index (Phi) is 4.99. The lowest BCUT2D eigenvalue weighted by atomic mass is 9.93. The van der Waals surface area contributed by atoms with Gasteiger partial charge >= 0.3 is 12.2 Å². The average molecular weight is 274 g/mol. The Morgan fingerprint density at radius 1 is 1.32 bits per heavy atom. The standard InChI is InChI=1S/C12H22N2O5/c1-12(2,3)19-10(16)13-14(11(17)18)8-5-4-6-9(15)7-8/h8-9,15H,4-7H2,1-3H3,(H,13,16)(H,17,18). The van der Waals surface area contributed by atoms with Crippen molar-refractivity contribution in [3.05, 3.63) is 0 Å². The van der Waals surface area contributed by atoms with E-state index in [1.165, 1.54) is 0 Å². The van der Waals surface area contributed by atoms with Crippen molar-refractivity contribution in [3.63, 3.8) is 0 Å². The van der Waals surface area contributed by atoms with Gasteiger partial charge in [-0.15, -0.1) is 0 Å². The lowest BCUT2D eigenvalue weighted by molar-refractivity contribution is 0.00922. The van der Waals surface area contributed by atoms with Gasteiger partial charge in [0.2, 0.25) is 0 Å². The van der Waals surface area contributed by atoms with Crippen LogP contribution in [0.15, 0.2) is 0 Å².